The first-order valence-corrected chi connectivity index (χ1v) is 6.75. The van der Waals surface area contributed by atoms with Crippen molar-refractivity contribution in [1.29, 1.82) is 0 Å². The van der Waals surface area contributed by atoms with Crippen molar-refractivity contribution in [3.05, 3.63) is 42.0 Å². The zero-order chi connectivity index (χ0) is 11.9. The average molecular weight is 239 g/mol. The predicted molar refractivity (Wildman–Crippen MR) is 65.4 cm³/mol. The highest BCUT2D eigenvalue weighted by Gasteiger charge is 2.33. The molecule has 0 aliphatic carbocycles. The normalized spacial score (nSPS) is 12.2. The molecule has 0 saturated carbocycles. The molecule has 2 N–H and O–H groups in total. The maximum atomic E-state index is 5.71. The number of hydrogen-bond acceptors (Lipinski definition) is 4. The van der Waals surface area contributed by atoms with E-state index in [1.165, 1.54) is 14.2 Å². The molecule has 0 aliphatic rings. The first-order valence-electron chi connectivity index (χ1n) is 4.95. The number of hydrogen-bond donors (Lipinski definition) is 1. The van der Waals surface area contributed by atoms with Crippen molar-refractivity contribution in [3.8, 4) is 0 Å². The van der Waals surface area contributed by atoms with Crippen LogP contribution in [-0.2, 0) is 13.3 Å². The zero-order valence-corrected chi connectivity index (χ0v) is 10.6. The van der Waals surface area contributed by atoms with Gasteiger partial charge < -0.3 is 13.3 Å². The zero-order valence-electron chi connectivity index (χ0n) is 9.55. The summed E-state index contributed by atoms with van der Waals surface area (Å²) in [6.45, 7) is 0.374. The minimum absolute atomic E-state index is 0.374. The van der Waals surface area contributed by atoms with Gasteiger partial charge >= 0.3 is 8.97 Å². The Morgan fingerprint density at radius 2 is 1.81 bits per heavy atom. The van der Waals surface area contributed by atoms with E-state index >= 15 is 0 Å². The minimum Gasteiger partial charge on any atom is -0.365 e. The van der Waals surface area contributed by atoms with Crippen LogP contribution < -0.4 is 5.40 Å². The molecule has 0 fully saturated rings. The second-order valence-electron chi connectivity index (χ2n) is 3.14. The molecule has 0 unspecified atom stereocenters. The summed E-state index contributed by atoms with van der Waals surface area (Å²) < 4.78 is 15.3. The van der Waals surface area contributed by atoms with E-state index in [2.05, 4.69) is 0 Å². The molecule has 0 spiro atoms. The van der Waals surface area contributed by atoms with Crippen molar-refractivity contribution in [3.63, 3.8) is 0 Å². The molecule has 0 amide bonds. The van der Waals surface area contributed by atoms with Crippen LogP contribution in [0.15, 0.2) is 36.4 Å². The molecule has 0 heterocycles. The maximum Gasteiger partial charge on any atom is 0.593 e. The van der Waals surface area contributed by atoms with Gasteiger partial charge in [-0.25, -0.2) is 0 Å². The van der Waals surface area contributed by atoms with E-state index in [0.717, 1.165) is 5.56 Å². The van der Waals surface area contributed by atoms with Gasteiger partial charge in [0.05, 0.1) is 6.61 Å². The summed E-state index contributed by atoms with van der Waals surface area (Å²) in [6.07, 6.45) is 3.84. The third-order valence-electron chi connectivity index (χ3n) is 2.06. The van der Waals surface area contributed by atoms with Gasteiger partial charge in [0, 0.05) is 14.2 Å². The van der Waals surface area contributed by atoms with E-state index in [4.69, 9.17) is 18.7 Å². The quantitative estimate of drug-likeness (QED) is 0.762. The molecular weight excluding hydrogens is 222 g/mol. The van der Waals surface area contributed by atoms with Crippen molar-refractivity contribution in [2.75, 3.05) is 20.8 Å². The van der Waals surface area contributed by atoms with Gasteiger partial charge in [0.15, 0.2) is 0 Å². The lowest BCUT2D eigenvalue weighted by molar-refractivity contribution is 0.111. The van der Waals surface area contributed by atoms with E-state index < -0.39 is 8.97 Å². The van der Waals surface area contributed by atoms with Crippen LogP contribution in [0.3, 0.4) is 0 Å². The lowest BCUT2D eigenvalue weighted by atomic mass is 10.2. The molecule has 4 nitrogen and oxygen atoms in total. The molecule has 1 rings (SSSR count). The van der Waals surface area contributed by atoms with Gasteiger partial charge in [0.25, 0.3) is 0 Å². The van der Waals surface area contributed by atoms with Gasteiger partial charge in [0.1, 0.15) is 0 Å². The first kappa shape index (κ1) is 13.1. The fourth-order valence-electron chi connectivity index (χ4n) is 1.11. The maximum absolute atomic E-state index is 5.71. The highest BCUT2D eigenvalue weighted by molar-refractivity contribution is 6.56. The van der Waals surface area contributed by atoms with Gasteiger partial charge in [-0.1, -0.05) is 42.5 Å². The van der Waals surface area contributed by atoms with Crippen LogP contribution in [0.4, 0.5) is 0 Å². The van der Waals surface area contributed by atoms with Gasteiger partial charge in [-0.3, -0.25) is 5.40 Å². The Morgan fingerprint density at radius 3 is 2.38 bits per heavy atom. The predicted octanol–water partition coefficient (Wildman–Crippen LogP) is 1.40. The third kappa shape index (κ3) is 4.26. The van der Waals surface area contributed by atoms with Crippen molar-refractivity contribution >= 4 is 15.0 Å². The third-order valence-corrected chi connectivity index (χ3v) is 3.77. The molecule has 0 radical (unpaired) electrons. The summed E-state index contributed by atoms with van der Waals surface area (Å²) in [4.78, 5) is 0. The lowest BCUT2D eigenvalue weighted by Crippen LogP contribution is -2.53. The van der Waals surface area contributed by atoms with Crippen molar-refractivity contribution < 1.29 is 13.3 Å². The number of rotatable bonds is 6. The molecular formula is C11H17NO3Si. The summed E-state index contributed by atoms with van der Waals surface area (Å²) in [6, 6.07) is 9.95. The molecule has 16 heavy (non-hydrogen) atoms. The molecule has 0 aliphatic heterocycles. The van der Waals surface area contributed by atoms with Crippen LogP contribution >= 0.6 is 0 Å². The van der Waals surface area contributed by atoms with Crippen LogP contribution in [0, 0.1) is 0 Å². The minimum atomic E-state index is -2.89. The van der Waals surface area contributed by atoms with Crippen molar-refractivity contribution in [2.24, 2.45) is 5.40 Å². The lowest BCUT2D eigenvalue weighted by Gasteiger charge is -2.19. The van der Waals surface area contributed by atoms with Crippen LogP contribution in [0.1, 0.15) is 5.56 Å². The smallest absolute Gasteiger partial charge is 0.365 e. The van der Waals surface area contributed by atoms with E-state index in [1.807, 2.05) is 42.5 Å². The van der Waals surface area contributed by atoms with Crippen LogP contribution in [0.5, 0.6) is 0 Å². The van der Waals surface area contributed by atoms with Crippen LogP contribution in [0.2, 0.25) is 0 Å². The summed E-state index contributed by atoms with van der Waals surface area (Å²) >= 11 is 0. The van der Waals surface area contributed by atoms with Gasteiger partial charge in [0.2, 0.25) is 0 Å². The molecule has 0 atom stereocenters. The molecule has 0 aromatic heterocycles. The fraction of sp³-hybridized carbons (Fsp3) is 0.273. The monoisotopic (exact) mass is 239 g/mol. The van der Waals surface area contributed by atoms with Crippen LogP contribution in [0.25, 0.3) is 6.08 Å². The Morgan fingerprint density at radius 1 is 1.19 bits per heavy atom. The van der Waals surface area contributed by atoms with E-state index in [-0.39, 0.29) is 0 Å². The molecule has 0 saturated heterocycles. The molecule has 5 heteroatoms. The Bertz CT molecular complexity index is 325. The second kappa shape index (κ2) is 6.57. The SMILES string of the molecule is CO[Si](N)(OC)OCC=Cc1ccccc1. The van der Waals surface area contributed by atoms with E-state index in [1.54, 1.807) is 0 Å². The van der Waals surface area contributed by atoms with Gasteiger partial charge in [-0.15, -0.1) is 0 Å². The second-order valence-corrected chi connectivity index (χ2v) is 5.45. The summed E-state index contributed by atoms with van der Waals surface area (Å²) in [5.41, 5.74) is 1.12. The number of nitrogens with two attached hydrogens (primary N) is 1. The van der Waals surface area contributed by atoms with Gasteiger partial charge in [-0.05, 0) is 5.56 Å². The standard InChI is InChI=1S/C11H17NO3Si/c1-13-16(12,14-2)15-10-6-9-11-7-4-3-5-8-11/h3-9H,10,12H2,1-2H3. The largest absolute Gasteiger partial charge is 0.593 e. The first-order chi connectivity index (χ1) is 7.70. The summed E-state index contributed by atoms with van der Waals surface area (Å²) in [5, 5.41) is 5.71. The van der Waals surface area contributed by atoms with Crippen molar-refractivity contribution in [1.82, 2.24) is 0 Å². The molecule has 1 aromatic carbocycles. The Kier molecular flexibility index (Phi) is 5.37. The molecule has 88 valence electrons. The molecule has 1 aromatic rings. The Hall–Kier alpha value is -0.983. The Labute approximate surface area is 97.1 Å². The average Bonchev–Trinajstić information content (AvgIpc) is 2.36. The molecule has 0 bridgehead atoms. The Balaban J connectivity index is 2.38. The van der Waals surface area contributed by atoms with Gasteiger partial charge in [-0.2, -0.15) is 0 Å². The summed E-state index contributed by atoms with van der Waals surface area (Å²) in [5.74, 6) is 0. The summed E-state index contributed by atoms with van der Waals surface area (Å²) in [7, 11) is 0.0788. The van der Waals surface area contributed by atoms with E-state index in [0.29, 0.717) is 6.61 Å². The highest BCUT2D eigenvalue weighted by atomic mass is 28.4. The topological polar surface area (TPSA) is 53.7 Å². The van der Waals surface area contributed by atoms with Crippen molar-refractivity contribution in [2.45, 2.75) is 0 Å². The van der Waals surface area contributed by atoms with Crippen LogP contribution in [-0.4, -0.2) is 29.8 Å². The number of benzene rings is 1. The van der Waals surface area contributed by atoms with E-state index in [9.17, 15) is 0 Å². The fourth-order valence-corrected chi connectivity index (χ4v) is 1.84. The highest BCUT2D eigenvalue weighted by Crippen LogP contribution is 2.02.